The van der Waals surface area contributed by atoms with Crippen LogP contribution in [0.3, 0.4) is 0 Å². The van der Waals surface area contributed by atoms with Crippen molar-refractivity contribution in [2.24, 2.45) is 5.10 Å². The number of fused-ring (bicyclic) bond motifs is 1. The van der Waals surface area contributed by atoms with Crippen molar-refractivity contribution < 1.29 is 9.47 Å². The first-order valence-corrected chi connectivity index (χ1v) is 8.03. The summed E-state index contributed by atoms with van der Waals surface area (Å²) in [6, 6.07) is 11.8. The number of hydrogen-bond acceptors (Lipinski definition) is 4. The van der Waals surface area contributed by atoms with Crippen LogP contribution in [-0.2, 0) is 0 Å². The molecule has 0 spiro atoms. The van der Waals surface area contributed by atoms with Crippen molar-refractivity contribution in [3.05, 3.63) is 57.6 Å². The zero-order chi connectivity index (χ0) is 16.0. The molecular weight excluding hydrogens is 335 g/mol. The molecule has 0 fully saturated rings. The number of rotatable bonds is 2. The van der Waals surface area contributed by atoms with Gasteiger partial charge in [-0.15, -0.1) is 0 Å². The lowest BCUT2D eigenvalue weighted by Crippen LogP contribution is -2.13. The van der Waals surface area contributed by atoms with E-state index in [1.54, 1.807) is 6.07 Å². The Bertz CT molecular complexity index is 807. The highest BCUT2D eigenvalue weighted by molar-refractivity contribution is 6.42. The van der Waals surface area contributed by atoms with E-state index in [0.29, 0.717) is 10.0 Å². The quantitative estimate of drug-likeness (QED) is 0.800. The van der Waals surface area contributed by atoms with Crippen molar-refractivity contribution in [3.63, 3.8) is 0 Å². The topological polar surface area (TPSA) is 34.1 Å². The third-order valence-corrected chi connectivity index (χ3v) is 4.89. The normalized spacial score (nSPS) is 19.2. The maximum atomic E-state index is 6.11. The Morgan fingerprint density at radius 3 is 2.70 bits per heavy atom. The third-order valence-electron chi connectivity index (χ3n) is 4.15. The first-order chi connectivity index (χ1) is 11.1. The van der Waals surface area contributed by atoms with Gasteiger partial charge in [0.05, 0.1) is 21.8 Å². The number of hydrogen-bond donors (Lipinski definition) is 0. The van der Waals surface area contributed by atoms with Gasteiger partial charge in [-0.2, -0.15) is 5.10 Å². The number of hydrazone groups is 1. The molecule has 1 atom stereocenters. The van der Waals surface area contributed by atoms with Gasteiger partial charge in [-0.25, -0.2) is 0 Å². The summed E-state index contributed by atoms with van der Waals surface area (Å²) in [6.07, 6.45) is 0.800. The van der Waals surface area contributed by atoms with Crippen LogP contribution in [0.5, 0.6) is 11.5 Å². The van der Waals surface area contributed by atoms with E-state index in [1.165, 1.54) is 0 Å². The van der Waals surface area contributed by atoms with Crippen LogP contribution in [0, 0.1) is 0 Å². The van der Waals surface area contributed by atoms with Gasteiger partial charge in [0.25, 0.3) is 0 Å². The molecule has 2 heterocycles. The molecule has 0 N–H and O–H groups in total. The molecule has 0 saturated carbocycles. The molecule has 0 saturated heterocycles. The largest absolute Gasteiger partial charge is 0.454 e. The van der Waals surface area contributed by atoms with Crippen molar-refractivity contribution in [1.82, 2.24) is 5.01 Å². The summed E-state index contributed by atoms with van der Waals surface area (Å²) in [5.41, 5.74) is 3.14. The van der Waals surface area contributed by atoms with Gasteiger partial charge in [0.1, 0.15) is 0 Å². The van der Waals surface area contributed by atoms with Gasteiger partial charge < -0.3 is 9.47 Å². The smallest absolute Gasteiger partial charge is 0.231 e. The van der Waals surface area contributed by atoms with E-state index >= 15 is 0 Å². The Kier molecular flexibility index (Phi) is 3.58. The Hall–Kier alpha value is -1.91. The second-order valence-corrected chi connectivity index (χ2v) is 6.40. The molecule has 4 rings (SSSR count). The Balaban J connectivity index is 1.60. The minimum Gasteiger partial charge on any atom is -0.454 e. The van der Waals surface area contributed by atoms with Crippen LogP contribution in [-0.4, -0.2) is 24.6 Å². The SMILES string of the molecule is CN1N=C(c2ccc(Cl)c(Cl)c2)CC1c1ccc2c(c1)OCO2. The van der Waals surface area contributed by atoms with Crippen LogP contribution in [0.25, 0.3) is 0 Å². The van der Waals surface area contributed by atoms with Gasteiger partial charge in [-0.05, 0) is 35.4 Å². The predicted molar refractivity (Wildman–Crippen MR) is 90.7 cm³/mol. The maximum absolute atomic E-state index is 6.11. The molecule has 118 valence electrons. The monoisotopic (exact) mass is 348 g/mol. The maximum Gasteiger partial charge on any atom is 0.231 e. The Morgan fingerprint density at radius 1 is 1.04 bits per heavy atom. The highest BCUT2D eigenvalue weighted by Gasteiger charge is 2.28. The highest BCUT2D eigenvalue weighted by Crippen LogP contribution is 2.38. The standard InChI is InChI=1S/C17H14Cl2N2O2/c1-21-15(11-3-5-16-17(7-11)23-9-22-16)8-14(20-21)10-2-4-12(18)13(19)6-10/h2-7,15H,8-9H2,1H3. The molecule has 2 aliphatic rings. The molecular formula is C17H14Cl2N2O2. The van der Waals surface area contributed by atoms with E-state index in [1.807, 2.05) is 36.3 Å². The van der Waals surface area contributed by atoms with Crippen molar-refractivity contribution in [3.8, 4) is 11.5 Å². The second-order valence-electron chi connectivity index (χ2n) is 5.58. The molecule has 0 aliphatic carbocycles. The summed E-state index contributed by atoms with van der Waals surface area (Å²) in [5, 5.41) is 7.72. The first-order valence-electron chi connectivity index (χ1n) is 7.27. The summed E-state index contributed by atoms with van der Waals surface area (Å²) in [6.45, 7) is 0.282. The van der Waals surface area contributed by atoms with Crippen LogP contribution >= 0.6 is 23.2 Å². The molecule has 4 nitrogen and oxygen atoms in total. The molecule has 2 aromatic rings. The molecule has 6 heteroatoms. The summed E-state index contributed by atoms with van der Waals surface area (Å²) in [4.78, 5) is 0. The number of benzene rings is 2. The minimum atomic E-state index is 0.161. The fraction of sp³-hybridized carbons (Fsp3) is 0.235. The Morgan fingerprint density at radius 2 is 1.87 bits per heavy atom. The van der Waals surface area contributed by atoms with E-state index in [4.69, 9.17) is 32.7 Å². The van der Waals surface area contributed by atoms with E-state index in [9.17, 15) is 0 Å². The van der Waals surface area contributed by atoms with Gasteiger partial charge in [-0.3, -0.25) is 5.01 Å². The van der Waals surface area contributed by atoms with Crippen LogP contribution < -0.4 is 9.47 Å². The summed E-state index contributed by atoms with van der Waals surface area (Å²) >= 11 is 12.1. The summed E-state index contributed by atoms with van der Waals surface area (Å²) < 4.78 is 10.8. The molecule has 0 amide bonds. The number of nitrogens with zero attached hydrogens (tertiary/aromatic N) is 2. The van der Waals surface area contributed by atoms with Crippen LogP contribution in [0.2, 0.25) is 10.0 Å². The molecule has 2 aliphatic heterocycles. The Labute approximate surface area is 144 Å². The van der Waals surface area contributed by atoms with Gasteiger partial charge in [0.2, 0.25) is 6.79 Å². The van der Waals surface area contributed by atoms with Crippen molar-refractivity contribution in [1.29, 1.82) is 0 Å². The average Bonchev–Trinajstić information content (AvgIpc) is 3.15. The molecule has 1 unspecified atom stereocenters. The number of halogens is 2. The van der Waals surface area contributed by atoms with Crippen LogP contribution in [0.4, 0.5) is 0 Å². The van der Waals surface area contributed by atoms with E-state index in [0.717, 1.165) is 34.8 Å². The lowest BCUT2D eigenvalue weighted by molar-refractivity contribution is 0.174. The summed E-state index contributed by atoms with van der Waals surface area (Å²) in [5.74, 6) is 1.58. The molecule has 0 radical (unpaired) electrons. The van der Waals surface area contributed by atoms with E-state index in [-0.39, 0.29) is 12.8 Å². The first kappa shape index (κ1) is 14.7. The van der Waals surface area contributed by atoms with E-state index < -0.39 is 0 Å². The van der Waals surface area contributed by atoms with Gasteiger partial charge in [0.15, 0.2) is 11.5 Å². The fourth-order valence-corrected chi connectivity index (χ4v) is 3.22. The zero-order valence-electron chi connectivity index (χ0n) is 12.4. The van der Waals surface area contributed by atoms with Crippen molar-refractivity contribution >= 4 is 28.9 Å². The molecule has 0 aromatic heterocycles. The predicted octanol–water partition coefficient (Wildman–Crippen LogP) is 4.50. The molecule has 2 aromatic carbocycles. The van der Waals surface area contributed by atoms with Crippen molar-refractivity contribution in [2.45, 2.75) is 12.5 Å². The summed E-state index contributed by atoms with van der Waals surface area (Å²) in [7, 11) is 1.97. The lowest BCUT2D eigenvalue weighted by atomic mass is 9.98. The second kappa shape index (κ2) is 5.62. The number of ether oxygens (including phenoxy) is 2. The molecule has 23 heavy (non-hydrogen) atoms. The zero-order valence-corrected chi connectivity index (χ0v) is 13.9. The van der Waals surface area contributed by atoms with Gasteiger partial charge in [0, 0.05) is 13.5 Å². The third kappa shape index (κ3) is 2.62. The average molecular weight is 349 g/mol. The van der Waals surface area contributed by atoms with Crippen LogP contribution in [0.1, 0.15) is 23.6 Å². The van der Waals surface area contributed by atoms with Crippen molar-refractivity contribution in [2.75, 3.05) is 13.8 Å². The van der Waals surface area contributed by atoms with Crippen LogP contribution in [0.15, 0.2) is 41.5 Å². The highest BCUT2D eigenvalue weighted by atomic mass is 35.5. The molecule has 0 bridgehead atoms. The van der Waals surface area contributed by atoms with Gasteiger partial charge in [-0.1, -0.05) is 35.3 Å². The lowest BCUT2D eigenvalue weighted by Gasteiger charge is -2.19. The fourth-order valence-electron chi connectivity index (χ4n) is 2.92. The van der Waals surface area contributed by atoms with E-state index in [2.05, 4.69) is 11.2 Å². The minimum absolute atomic E-state index is 0.161. The van der Waals surface area contributed by atoms with Gasteiger partial charge >= 0.3 is 0 Å².